The number of carbonyl (C=O) groups excluding carboxylic acids is 1. The SMILES string of the molecule is CCOC(=O)C(CC(=O)O)S(=O)(=O)O.N. The number of rotatable bonds is 5. The third kappa shape index (κ3) is 5.99. The fourth-order valence-corrected chi connectivity index (χ4v) is 1.37. The van der Waals surface area contributed by atoms with Crippen LogP contribution in [0.4, 0.5) is 0 Å². The van der Waals surface area contributed by atoms with E-state index >= 15 is 0 Å². The monoisotopic (exact) mass is 243 g/mol. The van der Waals surface area contributed by atoms with Crippen molar-refractivity contribution in [2.45, 2.75) is 18.6 Å². The van der Waals surface area contributed by atoms with Crippen LogP contribution in [-0.4, -0.2) is 41.9 Å². The van der Waals surface area contributed by atoms with Gasteiger partial charge in [0.15, 0.2) is 5.25 Å². The molecule has 0 bridgehead atoms. The van der Waals surface area contributed by atoms with Gasteiger partial charge in [-0.1, -0.05) is 0 Å². The van der Waals surface area contributed by atoms with Crippen LogP contribution < -0.4 is 6.15 Å². The van der Waals surface area contributed by atoms with E-state index in [1.54, 1.807) is 0 Å². The summed E-state index contributed by atoms with van der Waals surface area (Å²) in [6.45, 7) is 1.34. The van der Waals surface area contributed by atoms with E-state index in [9.17, 15) is 18.0 Å². The zero-order chi connectivity index (χ0) is 11.4. The first-order valence-corrected chi connectivity index (χ1v) is 5.14. The number of ether oxygens (including phenoxy) is 1. The van der Waals surface area contributed by atoms with Crippen LogP contribution in [0.25, 0.3) is 0 Å². The molecule has 0 aromatic carbocycles. The number of carboxylic acids is 1. The second kappa shape index (κ2) is 6.32. The van der Waals surface area contributed by atoms with Crippen LogP contribution in [0.1, 0.15) is 13.3 Å². The van der Waals surface area contributed by atoms with E-state index < -0.39 is 33.7 Å². The number of hydrogen-bond donors (Lipinski definition) is 3. The molecule has 5 N–H and O–H groups in total. The lowest BCUT2D eigenvalue weighted by Gasteiger charge is -2.09. The van der Waals surface area contributed by atoms with E-state index in [1.165, 1.54) is 6.92 Å². The predicted octanol–water partition coefficient (Wildman–Crippen LogP) is -0.557. The van der Waals surface area contributed by atoms with E-state index in [4.69, 9.17) is 9.66 Å². The molecular formula is C6H13NO7S. The van der Waals surface area contributed by atoms with Crippen LogP contribution >= 0.6 is 0 Å². The Hall–Kier alpha value is -1.19. The largest absolute Gasteiger partial charge is 0.481 e. The molecule has 0 aromatic rings. The second-order valence-corrected chi connectivity index (χ2v) is 3.95. The summed E-state index contributed by atoms with van der Waals surface area (Å²) in [4.78, 5) is 21.1. The van der Waals surface area contributed by atoms with Gasteiger partial charge >= 0.3 is 11.9 Å². The third-order valence-corrected chi connectivity index (χ3v) is 2.35. The standard InChI is InChI=1S/C6H10O7S.H3N/c1-2-13-6(9)4(3-5(7)8)14(10,11)12;/h4H,2-3H2,1H3,(H,7,8)(H,10,11,12);1H3. The third-order valence-electron chi connectivity index (χ3n) is 1.27. The van der Waals surface area contributed by atoms with E-state index in [0.29, 0.717) is 0 Å². The van der Waals surface area contributed by atoms with Gasteiger partial charge in [0, 0.05) is 0 Å². The molecule has 0 heterocycles. The number of aliphatic carboxylic acids is 1. The Morgan fingerprint density at radius 2 is 1.87 bits per heavy atom. The highest BCUT2D eigenvalue weighted by Crippen LogP contribution is 2.06. The molecule has 0 saturated carbocycles. The molecule has 0 rings (SSSR count). The molecule has 0 aliphatic rings. The molecule has 8 nitrogen and oxygen atoms in total. The fraction of sp³-hybridized carbons (Fsp3) is 0.667. The average Bonchev–Trinajstić information content (AvgIpc) is 1.98. The van der Waals surface area contributed by atoms with Gasteiger partial charge in [0.2, 0.25) is 0 Å². The van der Waals surface area contributed by atoms with Gasteiger partial charge in [-0.25, -0.2) is 0 Å². The maximum atomic E-state index is 10.9. The molecular weight excluding hydrogens is 230 g/mol. The summed E-state index contributed by atoms with van der Waals surface area (Å²) < 4.78 is 34.0. The summed E-state index contributed by atoms with van der Waals surface area (Å²) in [5, 5.41) is 6.23. The Kier molecular flexibility index (Phi) is 6.85. The Morgan fingerprint density at radius 3 is 2.13 bits per heavy atom. The van der Waals surface area contributed by atoms with Gasteiger partial charge in [-0.05, 0) is 6.92 Å². The normalized spacial score (nSPS) is 12.4. The van der Waals surface area contributed by atoms with Gasteiger partial charge in [-0.2, -0.15) is 8.42 Å². The molecule has 0 aliphatic carbocycles. The molecule has 15 heavy (non-hydrogen) atoms. The summed E-state index contributed by atoms with van der Waals surface area (Å²) in [6.07, 6.45) is -1.02. The van der Waals surface area contributed by atoms with E-state index in [1.807, 2.05) is 0 Å². The molecule has 0 radical (unpaired) electrons. The lowest BCUT2D eigenvalue weighted by atomic mass is 10.3. The van der Waals surface area contributed by atoms with Crippen LogP contribution in [0.3, 0.4) is 0 Å². The van der Waals surface area contributed by atoms with Crippen LogP contribution in [0.15, 0.2) is 0 Å². The molecule has 1 atom stereocenters. The molecule has 90 valence electrons. The number of esters is 1. The predicted molar refractivity (Wildman–Crippen MR) is 49.2 cm³/mol. The van der Waals surface area contributed by atoms with Crippen LogP contribution in [0, 0.1) is 0 Å². The highest BCUT2D eigenvalue weighted by atomic mass is 32.2. The van der Waals surface area contributed by atoms with Gasteiger partial charge in [0.1, 0.15) is 0 Å². The zero-order valence-corrected chi connectivity index (χ0v) is 8.86. The average molecular weight is 243 g/mol. The Morgan fingerprint density at radius 1 is 1.40 bits per heavy atom. The molecule has 0 spiro atoms. The summed E-state index contributed by atoms with van der Waals surface area (Å²) in [5.74, 6) is -2.78. The van der Waals surface area contributed by atoms with Crippen LogP contribution in [0.5, 0.6) is 0 Å². The van der Waals surface area contributed by atoms with Gasteiger partial charge in [-0.15, -0.1) is 0 Å². The minimum atomic E-state index is -4.74. The first-order valence-electron chi connectivity index (χ1n) is 3.63. The molecule has 0 aliphatic heterocycles. The van der Waals surface area contributed by atoms with Gasteiger partial charge in [0.25, 0.3) is 10.1 Å². The second-order valence-electron chi connectivity index (χ2n) is 2.35. The summed E-state index contributed by atoms with van der Waals surface area (Å²) in [5.41, 5.74) is 0. The highest BCUT2D eigenvalue weighted by molar-refractivity contribution is 7.87. The first kappa shape index (κ1) is 16.2. The number of carbonyl (C=O) groups is 2. The van der Waals surface area contributed by atoms with Crippen LogP contribution in [0.2, 0.25) is 0 Å². The maximum Gasteiger partial charge on any atom is 0.327 e. The zero-order valence-electron chi connectivity index (χ0n) is 8.04. The number of hydrogen-bond acceptors (Lipinski definition) is 6. The van der Waals surface area contributed by atoms with E-state index in [2.05, 4.69) is 4.74 Å². The van der Waals surface area contributed by atoms with Crippen molar-refractivity contribution < 1.29 is 32.4 Å². The summed E-state index contributed by atoms with van der Waals surface area (Å²) >= 11 is 0. The van der Waals surface area contributed by atoms with Crippen molar-refractivity contribution in [3.05, 3.63) is 0 Å². The van der Waals surface area contributed by atoms with Crippen molar-refractivity contribution in [1.82, 2.24) is 6.15 Å². The van der Waals surface area contributed by atoms with E-state index in [0.717, 1.165) is 0 Å². The van der Waals surface area contributed by atoms with Crippen molar-refractivity contribution in [1.29, 1.82) is 0 Å². The first-order chi connectivity index (χ1) is 6.29. The number of carboxylic acid groups (broad SMARTS) is 1. The highest BCUT2D eigenvalue weighted by Gasteiger charge is 2.34. The maximum absolute atomic E-state index is 10.9. The fourth-order valence-electron chi connectivity index (χ4n) is 0.704. The van der Waals surface area contributed by atoms with Crippen molar-refractivity contribution in [3.8, 4) is 0 Å². The Bertz CT molecular complexity index is 322. The van der Waals surface area contributed by atoms with Crippen molar-refractivity contribution in [3.63, 3.8) is 0 Å². The quantitative estimate of drug-likeness (QED) is 0.429. The van der Waals surface area contributed by atoms with Crippen molar-refractivity contribution in [2.75, 3.05) is 6.61 Å². The smallest absolute Gasteiger partial charge is 0.327 e. The minimum absolute atomic E-state index is 0. The van der Waals surface area contributed by atoms with Gasteiger partial charge in [-0.3, -0.25) is 14.1 Å². The topological polar surface area (TPSA) is 153 Å². The van der Waals surface area contributed by atoms with Crippen LogP contribution in [-0.2, 0) is 24.4 Å². The van der Waals surface area contributed by atoms with Crippen molar-refractivity contribution >= 4 is 22.1 Å². The molecule has 0 saturated heterocycles. The lowest BCUT2D eigenvalue weighted by Crippen LogP contribution is -2.33. The Balaban J connectivity index is 0. The van der Waals surface area contributed by atoms with Gasteiger partial charge in [0.05, 0.1) is 13.0 Å². The molecule has 1 unspecified atom stereocenters. The van der Waals surface area contributed by atoms with E-state index in [-0.39, 0.29) is 12.8 Å². The molecule has 9 heteroatoms. The van der Waals surface area contributed by atoms with Crippen molar-refractivity contribution in [2.24, 2.45) is 0 Å². The minimum Gasteiger partial charge on any atom is -0.481 e. The lowest BCUT2D eigenvalue weighted by molar-refractivity contribution is -0.147. The molecule has 0 fully saturated rings. The molecule has 0 amide bonds. The summed E-state index contributed by atoms with van der Waals surface area (Å²) in [7, 11) is -4.74. The van der Waals surface area contributed by atoms with Gasteiger partial charge < -0.3 is 16.0 Å². The molecule has 0 aromatic heterocycles. The summed E-state index contributed by atoms with van der Waals surface area (Å²) in [6, 6.07) is 0. The Labute approximate surface area is 86.6 Å².